The highest BCUT2D eigenvalue weighted by Gasteiger charge is 2.21. The second-order valence-corrected chi connectivity index (χ2v) is 3.29. The molecule has 1 aliphatic rings. The van der Waals surface area contributed by atoms with Crippen LogP contribution in [0.4, 0.5) is 4.79 Å². The van der Waals surface area contributed by atoms with Crippen LogP contribution in [0.3, 0.4) is 0 Å². The molecular formula is C9H16N2O3. The van der Waals surface area contributed by atoms with Crippen molar-refractivity contribution >= 4 is 11.9 Å². The van der Waals surface area contributed by atoms with Gasteiger partial charge in [0.25, 0.3) is 0 Å². The van der Waals surface area contributed by atoms with Crippen LogP contribution in [-0.2, 0) is 9.53 Å². The van der Waals surface area contributed by atoms with Crippen LogP contribution in [0, 0.1) is 0 Å². The average molecular weight is 200 g/mol. The van der Waals surface area contributed by atoms with E-state index in [1.165, 1.54) is 0 Å². The first-order valence-corrected chi connectivity index (χ1v) is 4.81. The lowest BCUT2D eigenvalue weighted by Gasteiger charge is -2.26. The molecule has 0 aromatic rings. The van der Waals surface area contributed by atoms with Crippen LogP contribution in [0.15, 0.2) is 0 Å². The van der Waals surface area contributed by atoms with Gasteiger partial charge in [0, 0.05) is 33.2 Å². The van der Waals surface area contributed by atoms with Crippen molar-refractivity contribution in [2.45, 2.75) is 19.3 Å². The number of rotatable bonds is 5. The molecule has 0 saturated carbocycles. The molecule has 0 radical (unpaired) electrons. The van der Waals surface area contributed by atoms with Crippen molar-refractivity contribution in [2.24, 2.45) is 0 Å². The summed E-state index contributed by atoms with van der Waals surface area (Å²) in [5.74, 6) is -0.178. The summed E-state index contributed by atoms with van der Waals surface area (Å²) in [6.07, 6.45) is 2.26. The Hall–Kier alpha value is -1.10. The molecule has 80 valence electrons. The standard InChI is InChI=1S/C9H16N2O3/c1-14-7-3-2-5-11-6-4-8(12)10-9(11)13/h2-7H2,1H3,(H,10,12,13). The Kier molecular flexibility index (Phi) is 4.39. The van der Waals surface area contributed by atoms with Gasteiger partial charge in [-0.25, -0.2) is 4.79 Å². The summed E-state index contributed by atoms with van der Waals surface area (Å²) >= 11 is 0. The minimum absolute atomic E-state index is 0.178. The Balaban J connectivity index is 2.17. The molecule has 14 heavy (non-hydrogen) atoms. The topological polar surface area (TPSA) is 58.6 Å². The van der Waals surface area contributed by atoms with Gasteiger partial charge in [-0.3, -0.25) is 10.1 Å². The summed E-state index contributed by atoms with van der Waals surface area (Å²) in [6.45, 7) is 1.95. The van der Waals surface area contributed by atoms with E-state index >= 15 is 0 Å². The third-order valence-electron chi connectivity index (χ3n) is 2.17. The maximum atomic E-state index is 11.2. The van der Waals surface area contributed by atoms with Gasteiger partial charge in [-0.05, 0) is 12.8 Å². The zero-order valence-electron chi connectivity index (χ0n) is 8.41. The number of unbranched alkanes of at least 4 members (excludes halogenated alkanes) is 1. The zero-order valence-corrected chi connectivity index (χ0v) is 8.41. The number of urea groups is 1. The van der Waals surface area contributed by atoms with Crippen LogP contribution in [0.25, 0.3) is 0 Å². The van der Waals surface area contributed by atoms with Crippen molar-refractivity contribution in [2.75, 3.05) is 26.8 Å². The van der Waals surface area contributed by atoms with Crippen LogP contribution in [0.2, 0.25) is 0 Å². The maximum Gasteiger partial charge on any atom is 0.324 e. The number of ether oxygens (including phenoxy) is 1. The Labute approximate surface area is 83.4 Å². The number of hydrogen-bond donors (Lipinski definition) is 1. The monoisotopic (exact) mass is 200 g/mol. The summed E-state index contributed by atoms with van der Waals surface area (Å²) in [6, 6.07) is -0.265. The molecule has 1 fully saturated rings. The number of imide groups is 1. The highest BCUT2D eigenvalue weighted by Crippen LogP contribution is 2.02. The summed E-state index contributed by atoms with van der Waals surface area (Å²) in [4.78, 5) is 23.7. The molecule has 1 aliphatic heterocycles. The van der Waals surface area contributed by atoms with E-state index in [1.54, 1.807) is 12.0 Å². The summed E-state index contributed by atoms with van der Waals surface area (Å²) < 4.78 is 4.90. The molecule has 0 bridgehead atoms. The molecule has 1 saturated heterocycles. The smallest absolute Gasteiger partial charge is 0.324 e. The molecule has 1 rings (SSSR count). The predicted molar refractivity (Wildman–Crippen MR) is 50.8 cm³/mol. The molecule has 5 heteroatoms. The SMILES string of the molecule is COCCCCN1CCC(=O)NC1=O. The fourth-order valence-corrected chi connectivity index (χ4v) is 1.36. The van der Waals surface area contributed by atoms with Gasteiger partial charge in [-0.2, -0.15) is 0 Å². The van der Waals surface area contributed by atoms with Gasteiger partial charge >= 0.3 is 6.03 Å². The lowest BCUT2D eigenvalue weighted by atomic mass is 10.2. The molecule has 0 aromatic heterocycles. The van der Waals surface area contributed by atoms with Crippen molar-refractivity contribution in [3.8, 4) is 0 Å². The lowest BCUT2D eigenvalue weighted by Crippen LogP contribution is -2.49. The van der Waals surface area contributed by atoms with Gasteiger partial charge in [0.2, 0.25) is 5.91 Å². The number of nitrogens with one attached hydrogen (secondary N) is 1. The molecule has 0 unspecified atom stereocenters. The van der Waals surface area contributed by atoms with Crippen molar-refractivity contribution in [1.29, 1.82) is 0 Å². The van der Waals surface area contributed by atoms with E-state index in [1.807, 2.05) is 0 Å². The van der Waals surface area contributed by atoms with E-state index in [-0.39, 0.29) is 11.9 Å². The molecule has 0 aromatic carbocycles. The first-order chi connectivity index (χ1) is 6.74. The normalized spacial score (nSPS) is 17.1. The van der Waals surface area contributed by atoms with Crippen molar-refractivity contribution in [3.63, 3.8) is 0 Å². The van der Waals surface area contributed by atoms with Gasteiger partial charge < -0.3 is 9.64 Å². The lowest BCUT2D eigenvalue weighted by molar-refractivity contribution is -0.121. The molecule has 0 atom stereocenters. The minimum Gasteiger partial charge on any atom is -0.385 e. The molecule has 0 spiro atoms. The highest BCUT2D eigenvalue weighted by molar-refractivity contribution is 5.96. The number of methoxy groups -OCH3 is 1. The fraction of sp³-hybridized carbons (Fsp3) is 0.778. The van der Waals surface area contributed by atoms with Gasteiger partial charge in [-0.15, -0.1) is 0 Å². The van der Waals surface area contributed by atoms with Crippen LogP contribution >= 0.6 is 0 Å². The third kappa shape index (κ3) is 3.33. The van der Waals surface area contributed by atoms with Crippen molar-refractivity contribution in [1.82, 2.24) is 10.2 Å². The Bertz CT molecular complexity index is 218. The second-order valence-electron chi connectivity index (χ2n) is 3.29. The molecular weight excluding hydrogens is 184 g/mol. The van der Waals surface area contributed by atoms with E-state index in [0.29, 0.717) is 26.1 Å². The number of hydrogen-bond acceptors (Lipinski definition) is 3. The molecule has 0 aliphatic carbocycles. The van der Waals surface area contributed by atoms with Crippen LogP contribution in [0.5, 0.6) is 0 Å². The predicted octanol–water partition coefficient (Wildman–Crippen LogP) is 0.355. The average Bonchev–Trinajstić information content (AvgIpc) is 2.15. The molecule has 5 nitrogen and oxygen atoms in total. The largest absolute Gasteiger partial charge is 0.385 e. The van der Waals surface area contributed by atoms with Crippen molar-refractivity contribution < 1.29 is 14.3 Å². The van der Waals surface area contributed by atoms with Crippen LogP contribution < -0.4 is 5.32 Å². The van der Waals surface area contributed by atoms with E-state index in [4.69, 9.17) is 4.74 Å². The third-order valence-corrected chi connectivity index (χ3v) is 2.17. The first kappa shape index (κ1) is 11.0. The van der Waals surface area contributed by atoms with E-state index < -0.39 is 0 Å². The highest BCUT2D eigenvalue weighted by atomic mass is 16.5. The number of amides is 3. The summed E-state index contributed by atoms with van der Waals surface area (Å²) in [7, 11) is 1.66. The Morgan fingerprint density at radius 3 is 2.86 bits per heavy atom. The maximum absolute atomic E-state index is 11.2. The van der Waals surface area contributed by atoms with Gasteiger partial charge in [0.15, 0.2) is 0 Å². The summed E-state index contributed by atoms with van der Waals surface area (Å²) in [5.41, 5.74) is 0. The van der Waals surface area contributed by atoms with E-state index in [9.17, 15) is 9.59 Å². The van der Waals surface area contributed by atoms with Gasteiger partial charge in [0.1, 0.15) is 0 Å². The van der Waals surface area contributed by atoms with Crippen LogP contribution in [0.1, 0.15) is 19.3 Å². The van der Waals surface area contributed by atoms with E-state index in [0.717, 1.165) is 12.8 Å². The van der Waals surface area contributed by atoms with Gasteiger partial charge in [-0.1, -0.05) is 0 Å². The fourth-order valence-electron chi connectivity index (χ4n) is 1.36. The molecule has 1 heterocycles. The van der Waals surface area contributed by atoms with Crippen LogP contribution in [-0.4, -0.2) is 43.6 Å². The Morgan fingerprint density at radius 1 is 1.43 bits per heavy atom. The van der Waals surface area contributed by atoms with Crippen molar-refractivity contribution in [3.05, 3.63) is 0 Å². The quantitative estimate of drug-likeness (QED) is 0.652. The first-order valence-electron chi connectivity index (χ1n) is 4.81. The Morgan fingerprint density at radius 2 is 2.21 bits per heavy atom. The summed E-state index contributed by atoms with van der Waals surface area (Å²) in [5, 5.41) is 2.29. The molecule has 1 N–H and O–H groups in total. The zero-order chi connectivity index (χ0) is 10.4. The minimum atomic E-state index is -0.265. The number of nitrogens with zero attached hydrogens (tertiary/aromatic N) is 1. The number of carbonyl (C=O) groups is 2. The second kappa shape index (κ2) is 5.59. The van der Waals surface area contributed by atoms with E-state index in [2.05, 4.69) is 5.32 Å². The molecule has 3 amide bonds. The van der Waals surface area contributed by atoms with Gasteiger partial charge in [0.05, 0.1) is 0 Å². The number of carbonyl (C=O) groups excluding carboxylic acids is 2.